The Hall–Kier alpha value is -3.26. The first-order valence-electron chi connectivity index (χ1n) is 7.01. The maximum absolute atomic E-state index is 11.7. The number of halogens is 1. The number of carbonyl (C=O) groups excluding carboxylic acids is 3. The topological polar surface area (TPSA) is 97.4 Å². The number of hydrogen-bond acceptors (Lipinski definition) is 8. The van der Waals surface area contributed by atoms with Crippen molar-refractivity contribution < 1.29 is 38.1 Å². The van der Waals surface area contributed by atoms with E-state index in [1.807, 2.05) is 0 Å². The molecule has 136 valence electrons. The Morgan fingerprint density at radius 3 is 2.12 bits per heavy atom. The molecular formula is C17H13ClO8. The number of methoxy groups -OCH3 is 2. The third-order valence-corrected chi connectivity index (χ3v) is 3.30. The molecule has 0 radical (unpaired) electrons. The number of benzene rings is 2. The van der Waals surface area contributed by atoms with Crippen LogP contribution in [0.1, 0.15) is 0 Å². The van der Waals surface area contributed by atoms with E-state index in [1.165, 1.54) is 18.2 Å². The first kappa shape index (κ1) is 19.1. The Kier molecular flexibility index (Phi) is 6.03. The van der Waals surface area contributed by atoms with Gasteiger partial charge in [0.2, 0.25) is 0 Å². The van der Waals surface area contributed by atoms with Gasteiger partial charge in [0.25, 0.3) is 0 Å². The van der Waals surface area contributed by atoms with Gasteiger partial charge in [-0.2, -0.15) is 0 Å². The quantitative estimate of drug-likeness (QED) is 0.341. The molecular weight excluding hydrogens is 368 g/mol. The van der Waals surface area contributed by atoms with Crippen LogP contribution in [-0.4, -0.2) is 32.5 Å². The van der Waals surface area contributed by atoms with E-state index in [1.54, 1.807) is 0 Å². The molecule has 0 saturated carbocycles. The largest absolute Gasteiger partial charge is 0.513 e. The summed E-state index contributed by atoms with van der Waals surface area (Å²) in [6.45, 7) is 3.31. The van der Waals surface area contributed by atoms with Crippen molar-refractivity contribution in [3.63, 3.8) is 0 Å². The van der Waals surface area contributed by atoms with E-state index < -0.39 is 18.3 Å². The van der Waals surface area contributed by atoms with E-state index in [9.17, 15) is 14.4 Å². The first-order valence-corrected chi connectivity index (χ1v) is 7.39. The lowest BCUT2D eigenvalue weighted by Crippen LogP contribution is -2.12. The van der Waals surface area contributed by atoms with Crippen LogP contribution in [0.25, 0.3) is 10.8 Å². The van der Waals surface area contributed by atoms with Crippen LogP contribution in [0, 0.1) is 0 Å². The molecule has 9 heteroatoms. The number of rotatable bonds is 4. The minimum Gasteiger partial charge on any atom is -0.437 e. The second kappa shape index (κ2) is 8.21. The molecule has 2 rings (SSSR count). The molecule has 0 spiro atoms. The van der Waals surface area contributed by atoms with Crippen LogP contribution in [0.3, 0.4) is 0 Å². The number of ether oxygens (including phenoxy) is 5. The molecule has 0 atom stereocenters. The number of carbonyl (C=O) groups is 3. The summed E-state index contributed by atoms with van der Waals surface area (Å²) in [7, 11) is 2.23. The first-order chi connectivity index (χ1) is 12.4. The van der Waals surface area contributed by atoms with Gasteiger partial charge < -0.3 is 23.7 Å². The zero-order chi connectivity index (χ0) is 19.3. The predicted octanol–water partition coefficient (Wildman–Crippen LogP) is 3.88. The fourth-order valence-electron chi connectivity index (χ4n) is 1.98. The van der Waals surface area contributed by atoms with Gasteiger partial charge in [-0.1, -0.05) is 18.2 Å². The molecule has 0 aliphatic rings. The Bertz CT molecular complexity index is 890. The van der Waals surface area contributed by atoms with Gasteiger partial charge >= 0.3 is 18.3 Å². The van der Waals surface area contributed by atoms with Crippen LogP contribution < -0.4 is 14.2 Å². The van der Waals surface area contributed by atoms with Gasteiger partial charge in [0.05, 0.1) is 14.2 Å². The summed E-state index contributed by atoms with van der Waals surface area (Å²) >= 11 is 5.99. The summed E-state index contributed by atoms with van der Waals surface area (Å²) in [4.78, 5) is 34.7. The lowest BCUT2D eigenvalue weighted by molar-refractivity contribution is -0.129. The fraction of sp³-hybridized carbons (Fsp3) is 0.118. The van der Waals surface area contributed by atoms with Crippen molar-refractivity contribution in [2.45, 2.75) is 0 Å². The second-order valence-electron chi connectivity index (χ2n) is 4.63. The van der Waals surface area contributed by atoms with Crippen molar-refractivity contribution in [2.24, 2.45) is 0 Å². The van der Waals surface area contributed by atoms with E-state index in [-0.39, 0.29) is 22.6 Å². The van der Waals surface area contributed by atoms with Crippen molar-refractivity contribution in [3.8, 4) is 17.2 Å². The highest BCUT2D eigenvalue weighted by Gasteiger charge is 2.22. The summed E-state index contributed by atoms with van der Waals surface area (Å²) in [5, 5.41) is 0.923. The number of fused-ring (bicyclic) bond motifs is 1. The molecule has 0 aliphatic carbocycles. The van der Waals surface area contributed by atoms with E-state index in [4.69, 9.17) is 25.8 Å². The maximum Gasteiger partial charge on any atom is 0.513 e. The molecule has 26 heavy (non-hydrogen) atoms. The highest BCUT2D eigenvalue weighted by atomic mass is 35.5. The van der Waals surface area contributed by atoms with Gasteiger partial charge in [-0.25, -0.2) is 14.4 Å². The normalized spacial score (nSPS) is 9.96. The monoisotopic (exact) mass is 380 g/mol. The van der Waals surface area contributed by atoms with Crippen LogP contribution in [0.15, 0.2) is 36.9 Å². The Labute approximate surface area is 152 Å². The number of hydrogen-bond donors (Lipinski definition) is 0. The molecule has 0 N–H and O–H groups in total. The molecule has 2 aromatic rings. The van der Waals surface area contributed by atoms with Gasteiger partial charge in [0.1, 0.15) is 5.75 Å². The second-order valence-corrected chi connectivity index (χ2v) is 5.07. The average molecular weight is 381 g/mol. The molecule has 0 aromatic heterocycles. The highest BCUT2D eigenvalue weighted by molar-refractivity contribution is 6.31. The summed E-state index contributed by atoms with van der Waals surface area (Å²) in [5.74, 6) is -1.16. The Morgan fingerprint density at radius 1 is 0.923 bits per heavy atom. The summed E-state index contributed by atoms with van der Waals surface area (Å²) in [5.41, 5.74) is 0. The molecule has 0 unspecified atom stereocenters. The lowest BCUT2D eigenvalue weighted by atomic mass is 10.1. The lowest BCUT2D eigenvalue weighted by Gasteiger charge is -2.15. The smallest absolute Gasteiger partial charge is 0.437 e. The zero-order valence-corrected chi connectivity index (χ0v) is 14.5. The van der Waals surface area contributed by atoms with Gasteiger partial charge in [-0.3, -0.25) is 0 Å². The maximum atomic E-state index is 11.7. The molecule has 8 nitrogen and oxygen atoms in total. The number of esters is 1. The predicted molar refractivity (Wildman–Crippen MR) is 90.9 cm³/mol. The Balaban J connectivity index is 2.74. The third kappa shape index (κ3) is 4.22. The van der Waals surface area contributed by atoms with E-state index in [2.05, 4.69) is 16.1 Å². The fourth-order valence-corrected chi connectivity index (χ4v) is 2.16. The summed E-state index contributed by atoms with van der Waals surface area (Å²) < 4.78 is 24.1. The van der Waals surface area contributed by atoms with Crippen LogP contribution in [0.2, 0.25) is 5.02 Å². The standard InChI is InChI=1S/C17H13ClO8/c1-4-14(19)26-15-10-6-5-9(18)7-11(10)12(24-16(20)22-2)8-13(15)25-17(21)23-3/h4-8H,1H2,2-3H3. The molecule has 2 aromatic carbocycles. The van der Waals surface area contributed by atoms with E-state index in [0.29, 0.717) is 10.4 Å². The third-order valence-electron chi connectivity index (χ3n) is 3.07. The molecule has 0 fully saturated rings. The van der Waals surface area contributed by atoms with Crippen molar-refractivity contribution in [1.82, 2.24) is 0 Å². The minimum absolute atomic E-state index is 0.0355. The van der Waals surface area contributed by atoms with Crippen LogP contribution in [0.5, 0.6) is 17.2 Å². The van der Waals surface area contributed by atoms with Crippen LogP contribution in [0.4, 0.5) is 9.59 Å². The van der Waals surface area contributed by atoms with E-state index >= 15 is 0 Å². The molecule has 0 bridgehead atoms. The van der Waals surface area contributed by atoms with Crippen molar-refractivity contribution in [1.29, 1.82) is 0 Å². The SMILES string of the molecule is C=CC(=O)Oc1c(OC(=O)OC)cc(OC(=O)OC)c2cc(Cl)ccc12. The minimum atomic E-state index is -1.07. The highest BCUT2D eigenvalue weighted by Crippen LogP contribution is 2.43. The van der Waals surface area contributed by atoms with E-state index in [0.717, 1.165) is 26.4 Å². The van der Waals surface area contributed by atoms with Crippen molar-refractivity contribution in [2.75, 3.05) is 14.2 Å². The molecule has 0 aliphatic heterocycles. The van der Waals surface area contributed by atoms with Gasteiger partial charge in [-0.05, 0) is 18.2 Å². The van der Waals surface area contributed by atoms with Gasteiger partial charge in [-0.15, -0.1) is 0 Å². The van der Waals surface area contributed by atoms with Gasteiger partial charge in [0, 0.05) is 27.9 Å². The molecule has 0 amide bonds. The average Bonchev–Trinajstić information content (AvgIpc) is 2.63. The molecule has 0 heterocycles. The van der Waals surface area contributed by atoms with Crippen LogP contribution in [-0.2, 0) is 14.3 Å². The van der Waals surface area contributed by atoms with Gasteiger partial charge in [0.15, 0.2) is 11.5 Å². The summed E-state index contributed by atoms with van der Waals surface area (Å²) in [6, 6.07) is 5.65. The van der Waals surface area contributed by atoms with Crippen molar-refractivity contribution >= 4 is 40.7 Å². The zero-order valence-electron chi connectivity index (χ0n) is 13.7. The molecule has 0 saturated heterocycles. The summed E-state index contributed by atoms with van der Waals surface area (Å²) in [6.07, 6.45) is -1.15. The van der Waals surface area contributed by atoms with Crippen molar-refractivity contribution in [3.05, 3.63) is 41.9 Å². The Morgan fingerprint density at radius 2 is 1.54 bits per heavy atom. The van der Waals surface area contributed by atoms with Crippen LogP contribution >= 0.6 is 11.6 Å².